The van der Waals surface area contributed by atoms with E-state index in [0.717, 1.165) is 6.42 Å². The molecule has 0 aliphatic heterocycles. The lowest BCUT2D eigenvalue weighted by Crippen LogP contribution is -2.21. The molecule has 0 saturated heterocycles. The number of hydrogen-bond donors (Lipinski definition) is 1. The first-order valence-corrected chi connectivity index (χ1v) is 14.8. The topological polar surface area (TPSA) is 54.4 Å². The zero-order valence-electron chi connectivity index (χ0n) is 22.2. The van der Waals surface area contributed by atoms with Gasteiger partial charge in [-0.2, -0.15) is 21.6 Å². The Hall–Kier alpha value is -3.16. The summed E-state index contributed by atoms with van der Waals surface area (Å²) < 4.78 is 57.5. The molecule has 1 aliphatic carbocycles. The molecule has 39 heavy (non-hydrogen) atoms. The minimum Gasteiger partial charge on any atom is -0.279 e. The first-order valence-electron chi connectivity index (χ1n) is 13.3. The van der Waals surface area contributed by atoms with Crippen LogP contribution in [0.4, 0.5) is 13.2 Å². The van der Waals surface area contributed by atoms with Gasteiger partial charge in [-0.1, -0.05) is 99.5 Å². The first kappa shape index (κ1) is 28.8. The summed E-state index contributed by atoms with van der Waals surface area (Å²) in [5, 5.41) is 2.72. The molecular formula is C32H33F3O3S. The average Bonchev–Trinajstić information content (AvgIpc) is 3.27. The van der Waals surface area contributed by atoms with Crippen LogP contribution in [0.1, 0.15) is 61.8 Å². The fourth-order valence-electron chi connectivity index (χ4n) is 5.38. The maximum atomic E-state index is 10.7. The molecule has 0 amide bonds. The Balaban J connectivity index is 0.000000386. The van der Waals surface area contributed by atoms with Gasteiger partial charge in [0.25, 0.3) is 0 Å². The molecule has 0 unspecified atom stereocenters. The highest BCUT2D eigenvalue weighted by atomic mass is 32.2. The van der Waals surface area contributed by atoms with Crippen LogP contribution >= 0.6 is 0 Å². The van der Waals surface area contributed by atoms with Crippen molar-refractivity contribution in [3.05, 3.63) is 95.1 Å². The standard InChI is InChI=1S/C31H32.CHF3O3S/c1-3-5-12-24-20-29-26-18-10-8-14-23(26)21-30(29)31(27(24)16-6-4-2)28-19-11-15-22-13-7-9-17-25(22)28;2-1(3,4)8(5,6)7/h7-11,13-15,17-20H,3-6,12,16,21H2,1-2H3;(H,5,6,7). The third-order valence-electron chi connectivity index (χ3n) is 7.24. The largest absolute Gasteiger partial charge is 0.522 e. The second-order valence-corrected chi connectivity index (χ2v) is 11.3. The summed E-state index contributed by atoms with van der Waals surface area (Å²) in [5.74, 6) is 0. The van der Waals surface area contributed by atoms with Gasteiger partial charge in [-0.15, -0.1) is 0 Å². The Morgan fingerprint density at radius 1 is 0.795 bits per heavy atom. The van der Waals surface area contributed by atoms with Crippen molar-refractivity contribution in [2.45, 2.75) is 64.3 Å². The van der Waals surface area contributed by atoms with Gasteiger partial charge in [0.2, 0.25) is 0 Å². The average molecular weight is 555 g/mol. The van der Waals surface area contributed by atoms with E-state index in [0.29, 0.717) is 0 Å². The molecule has 0 spiro atoms. The van der Waals surface area contributed by atoms with Crippen molar-refractivity contribution in [3.63, 3.8) is 0 Å². The fraction of sp³-hybridized carbons (Fsp3) is 0.312. The minimum atomic E-state index is -5.84. The van der Waals surface area contributed by atoms with E-state index < -0.39 is 15.6 Å². The van der Waals surface area contributed by atoms with Gasteiger partial charge in [-0.3, -0.25) is 4.55 Å². The highest BCUT2D eigenvalue weighted by Gasteiger charge is 2.44. The maximum absolute atomic E-state index is 10.7. The van der Waals surface area contributed by atoms with Crippen LogP contribution in [0.25, 0.3) is 33.0 Å². The van der Waals surface area contributed by atoms with Crippen molar-refractivity contribution < 1.29 is 26.1 Å². The highest BCUT2D eigenvalue weighted by Crippen LogP contribution is 2.46. The third kappa shape index (κ3) is 6.20. The van der Waals surface area contributed by atoms with Gasteiger partial charge in [0.1, 0.15) is 0 Å². The van der Waals surface area contributed by atoms with Crippen molar-refractivity contribution in [2.75, 3.05) is 0 Å². The van der Waals surface area contributed by atoms with E-state index in [1.165, 1.54) is 77.1 Å². The molecule has 0 bridgehead atoms. The lowest BCUT2D eigenvalue weighted by molar-refractivity contribution is -0.0510. The maximum Gasteiger partial charge on any atom is 0.522 e. The van der Waals surface area contributed by atoms with Crippen molar-refractivity contribution in [3.8, 4) is 22.3 Å². The zero-order chi connectivity index (χ0) is 28.2. The van der Waals surface area contributed by atoms with Crippen molar-refractivity contribution in [2.24, 2.45) is 0 Å². The predicted molar refractivity (Wildman–Crippen MR) is 152 cm³/mol. The Labute approximate surface area is 228 Å². The molecule has 0 aromatic heterocycles. The van der Waals surface area contributed by atoms with Crippen LogP contribution in [0.15, 0.2) is 72.8 Å². The summed E-state index contributed by atoms with van der Waals surface area (Å²) >= 11 is 0. The van der Waals surface area contributed by atoms with E-state index in [1.54, 1.807) is 16.7 Å². The molecule has 5 rings (SSSR count). The van der Waals surface area contributed by atoms with Gasteiger partial charge >= 0.3 is 15.6 Å². The third-order valence-corrected chi connectivity index (χ3v) is 7.83. The quantitative estimate of drug-likeness (QED) is 0.161. The van der Waals surface area contributed by atoms with E-state index in [2.05, 4.69) is 86.6 Å². The molecule has 0 saturated carbocycles. The molecular weight excluding hydrogens is 521 g/mol. The Bertz CT molecular complexity index is 1570. The Morgan fingerprint density at radius 3 is 2.08 bits per heavy atom. The summed E-state index contributed by atoms with van der Waals surface area (Å²) in [6.07, 6.45) is 8.40. The molecule has 1 N–H and O–H groups in total. The van der Waals surface area contributed by atoms with E-state index in [1.807, 2.05) is 0 Å². The number of unbranched alkanes of at least 4 members (excludes halogenated alkanes) is 2. The summed E-state index contributed by atoms with van der Waals surface area (Å²) in [6.45, 7) is 4.62. The predicted octanol–water partition coefficient (Wildman–Crippen LogP) is 9.16. The van der Waals surface area contributed by atoms with Crippen LogP contribution in [0.5, 0.6) is 0 Å². The summed E-state index contributed by atoms with van der Waals surface area (Å²) in [4.78, 5) is 0. The highest BCUT2D eigenvalue weighted by molar-refractivity contribution is 7.86. The molecule has 0 atom stereocenters. The van der Waals surface area contributed by atoms with Crippen LogP contribution in [-0.2, 0) is 29.4 Å². The molecule has 3 nitrogen and oxygen atoms in total. The van der Waals surface area contributed by atoms with Gasteiger partial charge < -0.3 is 0 Å². The van der Waals surface area contributed by atoms with Gasteiger partial charge in [0.05, 0.1) is 0 Å². The lowest BCUT2D eigenvalue weighted by atomic mass is 9.83. The van der Waals surface area contributed by atoms with Gasteiger partial charge in [-0.05, 0) is 87.4 Å². The van der Waals surface area contributed by atoms with Crippen molar-refractivity contribution in [1.29, 1.82) is 0 Å². The Morgan fingerprint density at radius 2 is 1.38 bits per heavy atom. The second kappa shape index (κ2) is 11.9. The molecule has 7 heteroatoms. The summed E-state index contributed by atoms with van der Waals surface area (Å²) in [7, 11) is -5.84. The normalized spacial score (nSPS) is 12.6. The van der Waals surface area contributed by atoms with E-state index in [9.17, 15) is 13.2 Å². The summed E-state index contributed by atoms with van der Waals surface area (Å²) in [6, 6.07) is 27.3. The zero-order valence-corrected chi connectivity index (χ0v) is 23.0. The number of aryl methyl sites for hydroxylation is 1. The van der Waals surface area contributed by atoms with Gasteiger partial charge in [-0.25, -0.2) is 0 Å². The van der Waals surface area contributed by atoms with Crippen LogP contribution in [-0.4, -0.2) is 18.5 Å². The lowest BCUT2D eigenvalue weighted by Gasteiger charge is -2.21. The number of hydrogen-bond acceptors (Lipinski definition) is 2. The van der Waals surface area contributed by atoms with Crippen LogP contribution in [0.3, 0.4) is 0 Å². The second-order valence-electron chi connectivity index (χ2n) is 9.90. The van der Waals surface area contributed by atoms with Crippen LogP contribution in [0.2, 0.25) is 0 Å². The first-order chi connectivity index (χ1) is 18.6. The van der Waals surface area contributed by atoms with Crippen LogP contribution in [0, 0.1) is 0 Å². The van der Waals surface area contributed by atoms with E-state index in [-0.39, 0.29) is 0 Å². The molecule has 0 fully saturated rings. The van der Waals surface area contributed by atoms with Gasteiger partial charge in [0, 0.05) is 0 Å². The molecule has 206 valence electrons. The monoisotopic (exact) mass is 554 g/mol. The summed E-state index contributed by atoms with van der Waals surface area (Å²) in [5.41, 5.74) is 6.55. The SMILES string of the molecule is CCCCc1cc2c(c(-c3cccc4ccccc34)c1CCCC)Cc1ccccc1-2.O=S(=O)(O)C(F)(F)F. The van der Waals surface area contributed by atoms with E-state index >= 15 is 0 Å². The van der Waals surface area contributed by atoms with Crippen LogP contribution < -0.4 is 0 Å². The Kier molecular flexibility index (Phi) is 8.82. The number of fused-ring (bicyclic) bond motifs is 4. The molecule has 0 heterocycles. The number of rotatable bonds is 7. The van der Waals surface area contributed by atoms with E-state index in [4.69, 9.17) is 13.0 Å². The molecule has 1 aliphatic rings. The number of alkyl halides is 3. The minimum absolute atomic E-state index is 1.05. The van der Waals surface area contributed by atoms with Gasteiger partial charge in [0.15, 0.2) is 0 Å². The number of benzene rings is 4. The van der Waals surface area contributed by atoms with Crippen molar-refractivity contribution in [1.82, 2.24) is 0 Å². The van der Waals surface area contributed by atoms with Crippen molar-refractivity contribution >= 4 is 20.9 Å². The molecule has 4 aromatic carbocycles. The molecule has 4 aromatic rings. The number of halogens is 3. The smallest absolute Gasteiger partial charge is 0.279 e. The fourth-order valence-corrected chi connectivity index (χ4v) is 5.38. The molecule has 0 radical (unpaired) electrons.